The fourth-order valence-electron chi connectivity index (χ4n) is 3.05. The normalized spacial score (nSPS) is 10.4. The number of aryl methyl sites for hydroxylation is 3. The first-order valence-corrected chi connectivity index (χ1v) is 9.21. The van der Waals surface area contributed by atoms with Crippen LogP contribution in [0, 0.1) is 20.8 Å². The first-order chi connectivity index (χ1) is 13.5. The molecule has 0 radical (unpaired) electrons. The number of carbonyl (C=O) groups is 1. The van der Waals surface area contributed by atoms with Gasteiger partial charge in [0.2, 0.25) is 0 Å². The lowest BCUT2D eigenvalue weighted by Crippen LogP contribution is -2.13. The van der Waals surface area contributed by atoms with Crippen molar-refractivity contribution in [1.29, 1.82) is 0 Å². The van der Waals surface area contributed by atoms with Gasteiger partial charge >= 0.3 is 0 Å². The number of nitrogens with one attached hydrogen (secondary N) is 1. The third kappa shape index (κ3) is 4.71. The van der Waals surface area contributed by atoms with Crippen molar-refractivity contribution in [1.82, 2.24) is 0 Å². The molecule has 3 aromatic carbocycles. The van der Waals surface area contributed by atoms with E-state index in [-0.39, 0.29) is 5.91 Å². The highest BCUT2D eigenvalue weighted by Gasteiger charge is 2.12. The van der Waals surface area contributed by atoms with Crippen molar-refractivity contribution in [2.45, 2.75) is 27.4 Å². The average Bonchev–Trinajstić information content (AvgIpc) is 2.68. The van der Waals surface area contributed by atoms with Gasteiger partial charge in [0.1, 0.15) is 18.1 Å². The Hall–Kier alpha value is -3.27. The maximum absolute atomic E-state index is 12.7. The van der Waals surface area contributed by atoms with Gasteiger partial charge in [-0.1, -0.05) is 29.8 Å². The summed E-state index contributed by atoms with van der Waals surface area (Å²) in [5.41, 5.74) is 5.51. The smallest absolute Gasteiger partial charge is 0.255 e. The fourth-order valence-corrected chi connectivity index (χ4v) is 3.05. The molecule has 0 aliphatic carbocycles. The van der Waals surface area contributed by atoms with Crippen LogP contribution < -0.4 is 14.8 Å². The van der Waals surface area contributed by atoms with Crippen LogP contribution in [0.4, 0.5) is 5.69 Å². The summed E-state index contributed by atoms with van der Waals surface area (Å²) in [6.07, 6.45) is 0. The highest BCUT2D eigenvalue weighted by atomic mass is 16.5. The lowest BCUT2D eigenvalue weighted by atomic mass is 10.1. The van der Waals surface area contributed by atoms with Crippen LogP contribution in [0.5, 0.6) is 11.5 Å². The molecule has 1 amide bonds. The molecule has 4 nitrogen and oxygen atoms in total. The minimum atomic E-state index is -0.161. The van der Waals surface area contributed by atoms with Crippen molar-refractivity contribution in [3.63, 3.8) is 0 Å². The van der Waals surface area contributed by atoms with Crippen LogP contribution in [0.1, 0.15) is 32.6 Å². The summed E-state index contributed by atoms with van der Waals surface area (Å²) in [4.78, 5) is 12.7. The molecule has 0 saturated heterocycles. The van der Waals surface area contributed by atoms with Gasteiger partial charge in [-0.3, -0.25) is 4.79 Å². The second kappa shape index (κ2) is 8.61. The Balaban J connectivity index is 1.78. The van der Waals surface area contributed by atoms with Gasteiger partial charge in [-0.25, -0.2) is 0 Å². The monoisotopic (exact) mass is 375 g/mol. The molecule has 0 aliphatic rings. The quantitative estimate of drug-likeness (QED) is 0.623. The topological polar surface area (TPSA) is 47.6 Å². The van der Waals surface area contributed by atoms with E-state index < -0.39 is 0 Å². The summed E-state index contributed by atoms with van der Waals surface area (Å²) in [5.74, 6) is 1.31. The lowest BCUT2D eigenvalue weighted by molar-refractivity contribution is 0.102. The van der Waals surface area contributed by atoms with Gasteiger partial charge in [-0.2, -0.15) is 0 Å². The van der Waals surface area contributed by atoms with Gasteiger partial charge in [0.15, 0.2) is 0 Å². The third-order valence-electron chi connectivity index (χ3n) is 4.56. The molecular weight excluding hydrogens is 350 g/mol. The molecule has 0 unspecified atom stereocenters. The van der Waals surface area contributed by atoms with E-state index in [1.807, 2.05) is 69.3 Å². The van der Waals surface area contributed by atoms with Gasteiger partial charge in [0.05, 0.1) is 7.11 Å². The van der Waals surface area contributed by atoms with E-state index in [1.54, 1.807) is 19.2 Å². The largest absolute Gasteiger partial charge is 0.496 e. The Morgan fingerprint density at radius 3 is 2.43 bits per heavy atom. The van der Waals surface area contributed by atoms with Gasteiger partial charge in [0, 0.05) is 16.8 Å². The number of hydrogen-bond acceptors (Lipinski definition) is 3. The van der Waals surface area contributed by atoms with E-state index in [1.165, 1.54) is 0 Å². The van der Waals surface area contributed by atoms with Crippen LogP contribution in [-0.4, -0.2) is 13.0 Å². The van der Waals surface area contributed by atoms with Crippen LogP contribution in [-0.2, 0) is 6.61 Å². The second-order valence-corrected chi connectivity index (χ2v) is 6.90. The number of carbonyl (C=O) groups excluding carboxylic acids is 1. The first kappa shape index (κ1) is 19.5. The molecular formula is C24H25NO3. The Morgan fingerprint density at radius 2 is 1.71 bits per heavy atom. The minimum absolute atomic E-state index is 0.161. The molecule has 0 heterocycles. The number of anilines is 1. The van der Waals surface area contributed by atoms with Crippen LogP contribution in [0.25, 0.3) is 0 Å². The number of hydrogen-bond donors (Lipinski definition) is 1. The number of methoxy groups -OCH3 is 1. The molecule has 0 bridgehead atoms. The summed E-state index contributed by atoms with van der Waals surface area (Å²) in [5, 5.41) is 2.98. The maximum atomic E-state index is 12.7. The van der Waals surface area contributed by atoms with Crippen LogP contribution in [0.15, 0.2) is 60.7 Å². The van der Waals surface area contributed by atoms with Crippen LogP contribution >= 0.6 is 0 Å². The number of amides is 1. The van der Waals surface area contributed by atoms with E-state index in [0.29, 0.717) is 17.9 Å². The van der Waals surface area contributed by atoms with Crippen molar-refractivity contribution in [2.75, 3.05) is 12.4 Å². The van der Waals surface area contributed by atoms with Gasteiger partial charge < -0.3 is 14.8 Å². The molecule has 3 rings (SSSR count). The predicted molar refractivity (Wildman–Crippen MR) is 112 cm³/mol. The molecule has 3 aromatic rings. The first-order valence-electron chi connectivity index (χ1n) is 9.21. The highest BCUT2D eigenvalue weighted by molar-refractivity contribution is 6.04. The molecule has 0 aromatic heterocycles. The Morgan fingerprint density at radius 1 is 0.929 bits per heavy atom. The van der Waals surface area contributed by atoms with Crippen molar-refractivity contribution in [3.05, 3.63) is 88.5 Å². The third-order valence-corrected chi connectivity index (χ3v) is 4.56. The Kier molecular flexibility index (Phi) is 5.99. The fraction of sp³-hybridized carbons (Fsp3) is 0.208. The van der Waals surface area contributed by atoms with E-state index >= 15 is 0 Å². The van der Waals surface area contributed by atoms with E-state index in [0.717, 1.165) is 33.7 Å². The Bertz CT molecular complexity index is 995. The van der Waals surface area contributed by atoms with Crippen molar-refractivity contribution >= 4 is 11.6 Å². The van der Waals surface area contributed by atoms with E-state index in [2.05, 4.69) is 5.32 Å². The molecule has 0 saturated carbocycles. The second-order valence-electron chi connectivity index (χ2n) is 6.90. The molecule has 1 N–H and O–H groups in total. The van der Waals surface area contributed by atoms with Crippen molar-refractivity contribution in [3.8, 4) is 11.5 Å². The minimum Gasteiger partial charge on any atom is -0.496 e. The lowest BCUT2D eigenvalue weighted by Gasteiger charge is -2.13. The summed E-state index contributed by atoms with van der Waals surface area (Å²) in [7, 11) is 1.61. The predicted octanol–water partition coefficient (Wildman–Crippen LogP) is 5.45. The number of ether oxygens (including phenoxy) is 2. The molecule has 0 spiro atoms. The summed E-state index contributed by atoms with van der Waals surface area (Å²) in [6.45, 7) is 6.35. The average molecular weight is 375 g/mol. The zero-order valence-electron chi connectivity index (χ0n) is 16.7. The molecule has 144 valence electrons. The molecule has 0 aliphatic heterocycles. The standard InChI is InChI=1S/C24H25NO3/c1-16-6-5-7-21(13-16)28-15-20-14-19(9-11-23(20)27-4)24(26)25-22-10-8-17(2)12-18(22)3/h5-14H,15H2,1-4H3,(H,25,26). The van der Waals surface area contributed by atoms with Crippen LogP contribution in [0.3, 0.4) is 0 Å². The Labute approximate surface area is 166 Å². The summed E-state index contributed by atoms with van der Waals surface area (Å²) >= 11 is 0. The molecule has 28 heavy (non-hydrogen) atoms. The van der Waals surface area contributed by atoms with Crippen molar-refractivity contribution in [2.24, 2.45) is 0 Å². The zero-order chi connectivity index (χ0) is 20.1. The maximum Gasteiger partial charge on any atom is 0.255 e. The van der Waals surface area contributed by atoms with Gasteiger partial charge in [-0.05, 0) is 68.3 Å². The molecule has 0 atom stereocenters. The number of rotatable bonds is 6. The molecule has 0 fully saturated rings. The van der Waals surface area contributed by atoms with Crippen molar-refractivity contribution < 1.29 is 14.3 Å². The number of benzene rings is 3. The zero-order valence-corrected chi connectivity index (χ0v) is 16.7. The van der Waals surface area contributed by atoms with Gasteiger partial charge in [0.25, 0.3) is 5.91 Å². The SMILES string of the molecule is COc1ccc(C(=O)Nc2ccc(C)cc2C)cc1COc1cccc(C)c1. The van der Waals surface area contributed by atoms with Gasteiger partial charge in [-0.15, -0.1) is 0 Å². The summed E-state index contributed by atoms with van der Waals surface area (Å²) in [6, 6.07) is 19.2. The van der Waals surface area contributed by atoms with E-state index in [4.69, 9.17) is 9.47 Å². The van der Waals surface area contributed by atoms with Crippen LogP contribution in [0.2, 0.25) is 0 Å². The van der Waals surface area contributed by atoms with E-state index in [9.17, 15) is 4.79 Å². The highest BCUT2D eigenvalue weighted by Crippen LogP contribution is 2.24. The molecule has 4 heteroatoms. The summed E-state index contributed by atoms with van der Waals surface area (Å²) < 4.78 is 11.3.